The number of nitrogens with zero attached hydrogens (tertiary/aromatic N) is 1. The summed E-state index contributed by atoms with van der Waals surface area (Å²) >= 11 is 2.61. The minimum Gasteiger partial charge on any atom is -0.477 e. The molecule has 30 heavy (non-hydrogen) atoms. The van der Waals surface area contributed by atoms with Gasteiger partial charge in [0, 0.05) is 36.8 Å². The van der Waals surface area contributed by atoms with Crippen molar-refractivity contribution >= 4 is 46.9 Å². The topological polar surface area (TPSA) is 148 Å². The number of nitrogens with two attached hydrogens (primary N) is 1. The van der Waals surface area contributed by atoms with Gasteiger partial charge in [-0.25, -0.2) is 4.79 Å². The van der Waals surface area contributed by atoms with E-state index in [9.17, 15) is 24.3 Å². The Morgan fingerprint density at radius 1 is 1.43 bits per heavy atom. The molecular weight excluding hydrogens is 434 g/mol. The molecule has 0 aliphatic carbocycles. The highest BCUT2D eigenvalue weighted by Gasteiger charge is 2.66. The Morgan fingerprint density at radius 2 is 2.17 bits per heavy atom. The lowest BCUT2D eigenvalue weighted by atomic mass is 9.98. The van der Waals surface area contributed by atoms with E-state index in [4.69, 9.17) is 15.2 Å². The third-order valence-corrected chi connectivity index (χ3v) is 7.05. The predicted octanol–water partition coefficient (Wildman–Crippen LogP) is 0.0251. The number of aliphatic carboxylic acids is 1. The van der Waals surface area contributed by atoms with Gasteiger partial charge in [-0.15, -0.1) is 23.1 Å². The number of amides is 2. The lowest BCUT2D eigenvalue weighted by Gasteiger charge is -2.55. The van der Waals surface area contributed by atoms with Gasteiger partial charge in [-0.05, 0) is 17.0 Å². The average molecular weight is 456 g/mol. The number of thioether (sulfide) groups is 1. The molecule has 162 valence electrons. The summed E-state index contributed by atoms with van der Waals surface area (Å²) in [6, 6.07) is 1.82. The van der Waals surface area contributed by atoms with Crippen molar-refractivity contribution in [1.29, 1.82) is 0 Å². The van der Waals surface area contributed by atoms with Crippen LogP contribution in [0.4, 0.5) is 0 Å². The maximum absolute atomic E-state index is 12.9. The fourth-order valence-corrected chi connectivity index (χ4v) is 5.60. The average Bonchev–Trinajstić information content (AvgIpc) is 3.16. The maximum atomic E-state index is 12.9. The second kappa shape index (κ2) is 8.76. The van der Waals surface area contributed by atoms with E-state index in [2.05, 4.69) is 5.32 Å². The van der Waals surface area contributed by atoms with Crippen molar-refractivity contribution in [2.45, 2.75) is 31.0 Å². The van der Waals surface area contributed by atoms with E-state index >= 15 is 0 Å². The van der Waals surface area contributed by atoms with Crippen LogP contribution in [-0.4, -0.2) is 64.3 Å². The number of hydrogen-bond acceptors (Lipinski definition) is 9. The van der Waals surface area contributed by atoms with Gasteiger partial charge in [0.1, 0.15) is 17.7 Å². The van der Waals surface area contributed by atoms with E-state index in [0.29, 0.717) is 12.1 Å². The number of carbonyl (C=O) groups is 4. The SMILES string of the molecule is CO[C@@]1(NC(=O)Cc2cc(CN)cs2)C(=O)N2C(C(=O)O)=C(COC(C)=O)CS[C@H]21. The van der Waals surface area contributed by atoms with E-state index in [1.165, 1.54) is 37.1 Å². The van der Waals surface area contributed by atoms with Crippen LogP contribution in [0.25, 0.3) is 0 Å². The first-order valence-corrected chi connectivity index (χ1v) is 10.8. The molecule has 2 aliphatic heterocycles. The summed E-state index contributed by atoms with van der Waals surface area (Å²) in [6.07, 6.45) is 0.0414. The largest absolute Gasteiger partial charge is 0.477 e. The molecule has 0 spiro atoms. The normalized spacial score (nSPS) is 23.0. The second-order valence-electron chi connectivity index (χ2n) is 6.67. The summed E-state index contributed by atoms with van der Waals surface area (Å²) in [7, 11) is 1.28. The van der Waals surface area contributed by atoms with Gasteiger partial charge in [0.25, 0.3) is 11.6 Å². The fraction of sp³-hybridized carbons (Fsp3) is 0.444. The molecule has 0 bridgehead atoms. The molecule has 0 unspecified atom stereocenters. The molecule has 2 atom stereocenters. The first-order valence-electron chi connectivity index (χ1n) is 8.90. The quantitative estimate of drug-likeness (QED) is 0.280. The van der Waals surface area contributed by atoms with Crippen LogP contribution in [0, 0.1) is 0 Å². The highest BCUT2D eigenvalue weighted by atomic mass is 32.2. The molecule has 0 radical (unpaired) electrons. The van der Waals surface area contributed by atoms with Crippen molar-refractivity contribution in [1.82, 2.24) is 10.2 Å². The fourth-order valence-electron chi connectivity index (χ4n) is 3.28. The van der Waals surface area contributed by atoms with Crippen molar-refractivity contribution in [3.05, 3.63) is 33.2 Å². The number of β-lactam (4-membered cyclic amide) rings is 1. The predicted molar refractivity (Wildman–Crippen MR) is 108 cm³/mol. The number of ether oxygens (including phenoxy) is 2. The van der Waals surface area contributed by atoms with Gasteiger partial charge < -0.3 is 25.6 Å². The van der Waals surface area contributed by atoms with Crippen LogP contribution >= 0.6 is 23.1 Å². The summed E-state index contributed by atoms with van der Waals surface area (Å²) in [5.74, 6) is -2.79. The van der Waals surface area contributed by atoms with Gasteiger partial charge in [-0.1, -0.05) is 0 Å². The Bertz CT molecular complexity index is 929. The zero-order chi connectivity index (χ0) is 22.1. The molecule has 3 rings (SSSR count). The zero-order valence-electron chi connectivity index (χ0n) is 16.3. The first-order chi connectivity index (χ1) is 14.2. The Morgan fingerprint density at radius 3 is 2.73 bits per heavy atom. The Hall–Kier alpha value is -2.41. The van der Waals surface area contributed by atoms with E-state index in [0.717, 1.165) is 15.3 Å². The number of methoxy groups -OCH3 is 1. The van der Waals surface area contributed by atoms with Crippen molar-refractivity contribution in [2.75, 3.05) is 19.5 Å². The van der Waals surface area contributed by atoms with Crippen molar-refractivity contribution in [3.63, 3.8) is 0 Å². The minimum atomic E-state index is -1.66. The molecule has 2 aliphatic rings. The van der Waals surface area contributed by atoms with Crippen LogP contribution in [0.15, 0.2) is 22.7 Å². The summed E-state index contributed by atoms with van der Waals surface area (Å²) < 4.78 is 10.3. The number of carbonyl (C=O) groups excluding carboxylic acids is 3. The molecule has 2 amide bonds. The van der Waals surface area contributed by atoms with Crippen LogP contribution in [-0.2, 0) is 41.6 Å². The van der Waals surface area contributed by atoms with Crippen molar-refractivity contribution < 1.29 is 33.8 Å². The molecule has 4 N–H and O–H groups in total. The monoisotopic (exact) mass is 455 g/mol. The lowest BCUT2D eigenvalue weighted by Crippen LogP contribution is -2.80. The third-order valence-electron chi connectivity index (χ3n) is 4.69. The van der Waals surface area contributed by atoms with E-state index in [1.54, 1.807) is 0 Å². The van der Waals surface area contributed by atoms with Gasteiger partial charge in [0.2, 0.25) is 5.91 Å². The van der Waals surface area contributed by atoms with Gasteiger partial charge in [0.15, 0.2) is 0 Å². The molecule has 1 fully saturated rings. The van der Waals surface area contributed by atoms with Crippen molar-refractivity contribution in [2.24, 2.45) is 5.73 Å². The van der Waals surface area contributed by atoms with Crippen LogP contribution in [0.1, 0.15) is 17.4 Å². The van der Waals surface area contributed by atoms with E-state index in [-0.39, 0.29) is 24.5 Å². The number of hydrogen-bond donors (Lipinski definition) is 3. The number of carboxylic acid groups (broad SMARTS) is 1. The minimum absolute atomic E-state index is 0.0414. The number of nitrogens with one attached hydrogen (secondary N) is 1. The van der Waals surface area contributed by atoms with Gasteiger partial charge in [-0.3, -0.25) is 19.3 Å². The van der Waals surface area contributed by atoms with Gasteiger partial charge in [-0.2, -0.15) is 0 Å². The van der Waals surface area contributed by atoms with E-state index < -0.39 is 34.9 Å². The molecule has 3 heterocycles. The smallest absolute Gasteiger partial charge is 0.352 e. The molecule has 1 aromatic rings. The number of carboxylic acids is 1. The third kappa shape index (κ3) is 3.95. The van der Waals surface area contributed by atoms with Crippen molar-refractivity contribution in [3.8, 4) is 0 Å². The molecule has 1 aromatic heterocycles. The lowest BCUT2D eigenvalue weighted by molar-refractivity contribution is -0.192. The molecule has 1 saturated heterocycles. The number of thiophene rings is 1. The number of rotatable bonds is 8. The van der Waals surface area contributed by atoms with Gasteiger partial charge in [0.05, 0.1) is 6.42 Å². The standard InChI is InChI=1S/C18H21N3O7S2/c1-9(22)28-6-11-8-30-17-18(27-2,16(26)21(17)14(11)15(24)25)20-13(23)4-12-3-10(5-19)7-29-12/h3,7,17H,4-6,8,19H2,1-2H3,(H,20,23)(H,24,25)/t17-,18-/m0/s1. The van der Waals surface area contributed by atoms with Crippen LogP contribution in [0.3, 0.4) is 0 Å². The van der Waals surface area contributed by atoms with Crippen LogP contribution in [0.2, 0.25) is 0 Å². The van der Waals surface area contributed by atoms with Crippen LogP contribution < -0.4 is 11.1 Å². The summed E-state index contributed by atoms with van der Waals surface area (Å²) in [5, 5.41) is 13.4. The zero-order valence-corrected chi connectivity index (χ0v) is 17.9. The number of esters is 1. The molecule has 12 heteroatoms. The number of fused-ring (bicyclic) bond motifs is 1. The Balaban J connectivity index is 1.78. The second-order valence-corrected chi connectivity index (χ2v) is 8.73. The Kier molecular flexibility index (Phi) is 6.50. The highest BCUT2D eigenvalue weighted by molar-refractivity contribution is 8.00. The van der Waals surface area contributed by atoms with E-state index in [1.807, 2.05) is 11.4 Å². The van der Waals surface area contributed by atoms with Gasteiger partial charge >= 0.3 is 11.9 Å². The molecule has 0 aromatic carbocycles. The molecule has 10 nitrogen and oxygen atoms in total. The maximum Gasteiger partial charge on any atom is 0.352 e. The molecular formula is C18H21N3O7S2. The Labute approximate surface area is 180 Å². The van der Waals surface area contributed by atoms with Crippen LogP contribution in [0.5, 0.6) is 0 Å². The summed E-state index contributed by atoms with van der Waals surface area (Å²) in [4.78, 5) is 50.2. The highest BCUT2D eigenvalue weighted by Crippen LogP contribution is 2.46. The summed E-state index contributed by atoms with van der Waals surface area (Å²) in [5.41, 5.74) is 4.88. The first kappa shape index (κ1) is 22.3. The molecule has 0 saturated carbocycles. The summed E-state index contributed by atoms with van der Waals surface area (Å²) in [6.45, 7) is 1.35.